The Kier molecular flexibility index (Phi) is 8.21. The molecule has 0 heterocycles. The fourth-order valence-corrected chi connectivity index (χ4v) is 5.66. The van der Waals surface area contributed by atoms with Crippen LogP contribution in [0, 0.1) is 11.3 Å². The molecule has 0 atom stereocenters. The fraction of sp³-hybridized carbons (Fsp3) is 0.158. The van der Waals surface area contributed by atoms with Gasteiger partial charge in [-0.1, -0.05) is 18.2 Å². The highest BCUT2D eigenvalue weighted by Gasteiger charge is 2.33. The van der Waals surface area contributed by atoms with E-state index in [9.17, 15) is 5.11 Å². The Bertz CT molecular complexity index is 1000. The van der Waals surface area contributed by atoms with E-state index in [1.807, 2.05) is 18.2 Å². The topological polar surface area (TPSA) is 81.1 Å². The molecule has 0 saturated carbocycles. The second-order valence-corrected chi connectivity index (χ2v) is 9.03. The highest BCUT2D eigenvalue weighted by molar-refractivity contribution is 7.78. The molecule has 0 amide bonds. The number of aromatic hydroxyl groups is 1. The Morgan fingerprint density at radius 3 is 2.07 bits per heavy atom. The van der Waals surface area contributed by atoms with Crippen LogP contribution in [0.1, 0.15) is 17.5 Å². The van der Waals surface area contributed by atoms with Gasteiger partial charge in [-0.05, 0) is 90.5 Å². The van der Waals surface area contributed by atoms with Crippen molar-refractivity contribution in [2.75, 3.05) is 0 Å². The normalized spacial score (nSPS) is 11.7. The van der Waals surface area contributed by atoms with Crippen LogP contribution >= 0.6 is 36.7 Å². The summed E-state index contributed by atoms with van der Waals surface area (Å²) in [6.45, 7) is 0. The van der Waals surface area contributed by atoms with Gasteiger partial charge in [0.15, 0.2) is 0 Å². The minimum Gasteiger partial charge on any atom is -0.508 e. The van der Waals surface area contributed by atoms with Gasteiger partial charge in [-0.2, -0.15) is 5.26 Å². The molecule has 0 aromatic heterocycles. The first-order chi connectivity index (χ1) is 13.6. The lowest BCUT2D eigenvalue weighted by molar-refractivity contribution is 0.474. The molecule has 0 bridgehead atoms. The number of rotatable bonds is 8. The van der Waals surface area contributed by atoms with Crippen molar-refractivity contribution in [2.45, 2.75) is 18.9 Å². The zero-order valence-electron chi connectivity index (χ0n) is 14.6. The summed E-state index contributed by atoms with van der Waals surface area (Å²) in [4.78, 5) is 0. The summed E-state index contributed by atoms with van der Waals surface area (Å²) < 4.78 is 12.3. The van der Waals surface area contributed by atoms with Crippen molar-refractivity contribution in [3.8, 4) is 22.9 Å². The molecule has 2 rings (SSSR count). The molecule has 138 valence electrons. The SMILES string of the molecule is N#Cc1ccc(-c2ccc(O)cc2CCC[Si](N=C=S)(N=C=S)N=C=S)cc1. The lowest BCUT2D eigenvalue weighted by Crippen LogP contribution is -2.27. The summed E-state index contributed by atoms with van der Waals surface area (Å²) in [5.41, 5.74) is 3.48. The first kappa shape index (κ1) is 21.6. The van der Waals surface area contributed by atoms with Crippen molar-refractivity contribution in [1.29, 1.82) is 5.26 Å². The molecule has 2 aromatic carbocycles. The molecule has 2 aromatic rings. The van der Waals surface area contributed by atoms with Crippen LogP contribution in [0.25, 0.3) is 11.1 Å². The lowest BCUT2D eigenvalue weighted by atomic mass is 9.96. The summed E-state index contributed by atoms with van der Waals surface area (Å²) in [6, 6.07) is 15.1. The van der Waals surface area contributed by atoms with E-state index in [1.165, 1.54) is 0 Å². The van der Waals surface area contributed by atoms with E-state index < -0.39 is 8.56 Å². The number of nitrogens with zero attached hydrogens (tertiary/aromatic N) is 4. The summed E-state index contributed by atoms with van der Waals surface area (Å²) in [5.74, 6) is 0.182. The average Bonchev–Trinajstić information content (AvgIpc) is 2.69. The highest BCUT2D eigenvalue weighted by atomic mass is 32.1. The number of isothiocyanates is 3. The Morgan fingerprint density at radius 1 is 0.929 bits per heavy atom. The highest BCUT2D eigenvalue weighted by Crippen LogP contribution is 2.29. The standard InChI is InChI=1S/C19H14N4OS3Si/c20-11-15-3-5-16(6-4-15)19-8-7-18(24)10-17(19)2-1-9-28(21-12-25,22-13-26)23-14-27/h3-8,10,24H,1-2,9H2. The quantitative estimate of drug-likeness (QED) is 0.352. The molecule has 0 fully saturated rings. The summed E-state index contributed by atoms with van der Waals surface area (Å²) in [7, 11) is -2.94. The van der Waals surface area contributed by atoms with Crippen molar-refractivity contribution in [1.82, 2.24) is 0 Å². The van der Waals surface area contributed by atoms with Crippen LogP contribution in [0.5, 0.6) is 5.75 Å². The Morgan fingerprint density at radius 2 is 1.54 bits per heavy atom. The fourth-order valence-electron chi connectivity index (χ4n) is 2.77. The monoisotopic (exact) mass is 438 g/mol. The number of thiocarbonyl (C=S) groups is 3. The Hall–Kier alpha value is -2.65. The van der Waals surface area contributed by atoms with Gasteiger partial charge in [-0.15, -0.1) is 0 Å². The van der Waals surface area contributed by atoms with Crippen molar-refractivity contribution < 1.29 is 5.11 Å². The Labute approximate surface area is 180 Å². The molecule has 0 saturated heterocycles. The van der Waals surface area contributed by atoms with Crippen LogP contribution in [0.4, 0.5) is 0 Å². The number of nitriles is 1. The van der Waals surface area contributed by atoms with Crippen LogP contribution in [-0.4, -0.2) is 29.1 Å². The van der Waals surface area contributed by atoms with Crippen molar-refractivity contribution >= 4 is 60.7 Å². The lowest BCUT2D eigenvalue weighted by Gasteiger charge is -2.14. The molecule has 0 aliphatic carbocycles. The predicted molar refractivity (Wildman–Crippen MR) is 122 cm³/mol. The second kappa shape index (κ2) is 10.6. The molecule has 0 unspecified atom stereocenters. The summed E-state index contributed by atoms with van der Waals surface area (Å²) in [5, 5.41) is 25.9. The van der Waals surface area contributed by atoms with E-state index in [1.54, 1.807) is 24.3 Å². The van der Waals surface area contributed by atoms with Crippen LogP contribution in [0.3, 0.4) is 0 Å². The second-order valence-electron chi connectivity index (χ2n) is 5.77. The van der Waals surface area contributed by atoms with E-state index in [2.05, 4.69) is 35.5 Å². The smallest absolute Gasteiger partial charge is 0.461 e. The molecule has 1 N–H and O–H groups in total. The molecular weight excluding hydrogens is 425 g/mol. The van der Waals surface area contributed by atoms with Gasteiger partial charge in [0.2, 0.25) is 0 Å². The summed E-state index contributed by atoms with van der Waals surface area (Å²) in [6.07, 6.45) is 1.31. The van der Waals surface area contributed by atoms with Gasteiger partial charge in [-0.25, -0.2) is 14.0 Å². The number of phenols is 1. The zero-order chi connectivity index (χ0) is 20.4. The van der Waals surface area contributed by atoms with Crippen LogP contribution in [0.2, 0.25) is 6.04 Å². The maximum absolute atomic E-state index is 9.92. The molecule has 5 nitrogen and oxygen atoms in total. The minimum atomic E-state index is -2.94. The number of aryl methyl sites for hydroxylation is 1. The van der Waals surface area contributed by atoms with E-state index in [4.69, 9.17) is 41.9 Å². The molecule has 0 aliphatic rings. The Balaban J connectivity index is 2.29. The van der Waals surface area contributed by atoms with Crippen molar-refractivity contribution in [3.63, 3.8) is 0 Å². The third-order valence-electron chi connectivity index (χ3n) is 4.05. The van der Waals surface area contributed by atoms with Gasteiger partial charge in [0.25, 0.3) is 0 Å². The first-order valence-electron chi connectivity index (χ1n) is 8.17. The van der Waals surface area contributed by atoms with Gasteiger partial charge in [0.05, 0.1) is 27.1 Å². The number of hydrogen-bond acceptors (Lipinski definition) is 8. The predicted octanol–water partition coefficient (Wildman–Crippen LogP) is 5.11. The number of phenolic OH excluding ortho intramolecular Hbond substituents is 1. The third kappa shape index (κ3) is 5.67. The van der Waals surface area contributed by atoms with Crippen LogP contribution < -0.4 is 0 Å². The zero-order valence-corrected chi connectivity index (χ0v) is 18.1. The maximum Gasteiger partial charge on any atom is 0.461 e. The number of hydrogen-bond donors (Lipinski definition) is 1. The van der Waals surface area contributed by atoms with E-state index in [0.717, 1.165) is 16.7 Å². The van der Waals surface area contributed by atoms with E-state index >= 15 is 0 Å². The molecule has 0 spiro atoms. The van der Waals surface area contributed by atoms with Gasteiger partial charge >= 0.3 is 8.56 Å². The van der Waals surface area contributed by atoms with Crippen LogP contribution in [0.15, 0.2) is 56.4 Å². The molecule has 9 heteroatoms. The van der Waals surface area contributed by atoms with Gasteiger partial charge in [0, 0.05) is 6.04 Å². The largest absolute Gasteiger partial charge is 0.508 e. The van der Waals surface area contributed by atoms with Crippen LogP contribution in [-0.2, 0) is 6.42 Å². The summed E-state index contributed by atoms with van der Waals surface area (Å²) >= 11 is 14.1. The molecule has 0 aliphatic heterocycles. The molecule has 0 radical (unpaired) electrons. The van der Waals surface area contributed by atoms with Crippen molar-refractivity contribution in [3.05, 3.63) is 53.6 Å². The number of benzene rings is 2. The van der Waals surface area contributed by atoms with Gasteiger partial charge < -0.3 is 5.11 Å². The molecular formula is C19H14N4OS3Si. The van der Waals surface area contributed by atoms with E-state index in [0.29, 0.717) is 24.4 Å². The minimum absolute atomic E-state index is 0.182. The maximum atomic E-state index is 9.92. The van der Waals surface area contributed by atoms with E-state index in [-0.39, 0.29) is 5.75 Å². The van der Waals surface area contributed by atoms with Gasteiger partial charge in [-0.3, -0.25) is 0 Å². The van der Waals surface area contributed by atoms with Crippen molar-refractivity contribution in [2.24, 2.45) is 14.0 Å². The van der Waals surface area contributed by atoms with Gasteiger partial charge in [0.1, 0.15) is 5.75 Å². The first-order valence-corrected chi connectivity index (χ1v) is 11.4. The average molecular weight is 439 g/mol. The third-order valence-corrected chi connectivity index (χ3v) is 7.24. The molecule has 28 heavy (non-hydrogen) atoms.